The summed E-state index contributed by atoms with van der Waals surface area (Å²) < 4.78 is 0. The number of hydrogen-bond donors (Lipinski definition) is 1. The van der Waals surface area contributed by atoms with Crippen molar-refractivity contribution in [1.82, 2.24) is 0 Å². The SMILES string of the molecule is CCCCCNc1cccc(C(C)=O)c1C(C)=O. The first-order chi connectivity index (χ1) is 8.57. The van der Waals surface area contributed by atoms with Crippen LogP contribution in [0.2, 0.25) is 0 Å². The van der Waals surface area contributed by atoms with E-state index in [0.717, 1.165) is 31.5 Å². The first kappa shape index (κ1) is 14.4. The van der Waals surface area contributed by atoms with Crippen molar-refractivity contribution in [2.75, 3.05) is 11.9 Å². The molecule has 0 saturated heterocycles. The number of unbranched alkanes of at least 4 members (excludes halogenated alkanes) is 2. The Bertz CT molecular complexity index is 438. The largest absolute Gasteiger partial charge is 0.384 e. The van der Waals surface area contributed by atoms with E-state index in [0.29, 0.717) is 11.1 Å². The molecule has 0 amide bonds. The Morgan fingerprint density at radius 3 is 2.39 bits per heavy atom. The molecular weight excluding hydrogens is 226 g/mol. The van der Waals surface area contributed by atoms with Crippen molar-refractivity contribution in [3.63, 3.8) is 0 Å². The van der Waals surface area contributed by atoms with Gasteiger partial charge in [-0.1, -0.05) is 31.9 Å². The molecule has 1 aromatic rings. The van der Waals surface area contributed by atoms with Gasteiger partial charge in [0.15, 0.2) is 11.6 Å². The molecule has 3 nitrogen and oxygen atoms in total. The third kappa shape index (κ3) is 3.69. The summed E-state index contributed by atoms with van der Waals surface area (Å²) in [5, 5.41) is 3.25. The van der Waals surface area contributed by atoms with Gasteiger partial charge in [-0.25, -0.2) is 0 Å². The predicted octanol–water partition coefficient (Wildman–Crippen LogP) is 3.69. The smallest absolute Gasteiger partial charge is 0.162 e. The minimum Gasteiger partial charge on any atom is -0.384 e. The number of Topliss-reactive ketones (excluding diaryl/α,β-unsaturated/α-hetero) is 2. The molecular formula is C15H21NO2. The molecule has 0 bridgehead atoms. The van der Waals surface area contributed by atoms with Gasteiger partial charge in [0, 0.05) is 17.8 Å². The fourth-order valence-corrected chi connectivity index (χ4v) is 1.97. The van der Waals surface area contributed by atoms with Crippen LogP contribution >= 0.6 is 0 Å². The normalized spacial score (nSPS) is 10.2. The maximum Gasteiger partial charge on any atom is 0.162 e. The highest BCUT2D eigenvalue weighted by Gasteiger charge is 2.15. The molecule has 0 spiro atoms. The molecule has 1 N–H and O–H groups in total. The molecule has 3 heteroatoms. The molecule has 98 valence electrons. The van der Waals surface area contributed by atoms with Crippen LogP contribution in [0.1, 0.15) is 60.7 Å². The van der Waals surface area contributed by atoms with Gasteiger partial charge in [-0.15, -0.1) is 0 Å². The average Bonchev–Trinajstić information content (AvgIpc) is 2.33. The summed E-state index contributed by atoms with van der Waals surface area (Å²) in [5.41, 5.74) is 1.79. The first-order valence-electron chi connectivity index (χ1n) is 6.46. The van der Waals surface area contributed by atoms with Crippen LogP contribution in [0.5, 0.6) is 0 Å². The maximum absolute atomic E-state index is 11.7. The average molecular weight is 247 g/mol. The van der Waals surface area contributed by atoms with E-state index in [1.165, 1.54) is 13.8 Å². The van der Waals surface area contributed by atoms with Gasteiger partial charge in [0.05, 0.1) is 5.56 Å². The summed E-state index contributed by atoms with van der Waals surface area (Å²) in [7, 11) is 0. The van der Waals surface area contributed by atoms with E-state index < -0.39 is 0 Å². The van der Waals surface area contributed by atoms with E-state index in [-0.39, 0.29) is 11.6 Å². The van der Waals surface area contributed by atoms with Crippen molar-refractivity contribution in [3.05, 3.63) is 29.3 Å². The zero-order valence-corrected chi connectivity index (χ0v) is 11.4. The summed E-state index contributed by atoms with van der Waals surface area (Å²) >= 11 is 0. The van der Waals surface area contributed by atoms with Crippen LogP contribution in [0.15, 0.2) is 18.2 Å². The van der Waals surface area contributed by atoms with E-state index in [1.54, 1.807) is 6.07 Å². The van der Waals surface area contributed by atoms with E-state index in [2.05, 4.69) is 12.2 Å². The second kappa shape index (κ2) is 6.94. The third-order valence-electron chi connectivity index (χ3n) is 2.89. The summed E-state index contributed by atoms with van der Waals surface area (Å²) in [4.78, 5) is 23.2. The van der Waals surface area contributed by atoms with Gasteiger partial charge in [0.1, 0.15) is 0 Å². The molecule has 0 aromatic heterocycles. The molecule has 0 heterocycles. The number of nitrogens with one attached hydrogen (secondary N) is 1. The molecule has 0 atom stereocenters. The highest BCUT2D eigenvalue weighted by atomic mass is 16.1. The Labute approximate surface area is 109 Å². The standard InChI is InChI=1S/C15H21NO2/c1-4-5-6-10-16-14-9-7-8-13(11(2)17)15(14)12(3)18/h7-9,16H,4-6,10H2,1-3H3. The zero-order chi connectivity index (χ0) is 13.5. The summed E-state index contributed by atoms with van der Waals surface area (Å²) in [5.74, 6) is -0.142. The van der Waals surface area contributed by atoms with Crippen molar-refractivity contribution < 1.29 is 9.59 Å². The predicted molar refractivity (Wildman–Crippen MR) is 74.5 cm³/mol. The van der Waals surface area contributed by atoms with Crippen LogP contribution in [-0.4, -0.2) is 18.1 Å². The lowest BCUT2D eigenvalue weighted by atomic mass is 9.99. The van der Waals surface area contributed by atoms with E-state index >= 15 is 0 Å². The first-order valence-corrected chi connectivity index (χ1v) is 6.46. The molecule has 0 radical (unpaired) electrons. The summed E-state index contributed by atoms with van der Waals surface area (Å²) in [6.45, 7) is 5.97. The van der Waals surface area contributed by atoms with Gasteiger partial charge in [0.2, 0.25) is 0 Å². The Morgan fingerprint density at radius 2 is 1.83 bits per heavy atom. The van der Waals surface area contributed by atoms with Gasteiger partial charge in [-0.05, 0) is 26.3 Å². The second-order valence-corrected chi connectivity index (χ2v) is 4.47. The minimum absolute atomic E-state index is 0.0706. The van der Waals surface area contributed by atoms with Crippen LogP contribution in [0, 0.1) is 0 Å². The van der Waals surface area contributed by atoms with Crippen molar-refractivity contribution in [1.29, 1.82) is 0 Å². The zero-order valence-electron chi connectivity index (χ0n) is 11.4. The number of rotatable bonds is 7. The molecule has 0 aliphatic rings. The van der Waals surface area contributed by atoms with Crippen molar-refractivity contribution in [2.24, 2.45) is 0 Å². The van der Waals surface area contributed by atoms with Crippen LogP contribution in [-0.2, 0) is 0 Å². The van der Waals surface area contributed by atoms with Crippen LogP contribution < -0.4 is 5.32 Å². The number of ketones is 2. The molecule has 0 unspecified atom stereocenters. The number of hydrogen-bond acceptors (Lipinski definition) is 3. The lowest BCUT2D eigenvalue weighted by molar-refractivity contribution is 0.0981. The van der Waals surface area contributed by atoms with E-state index in [9.17, 15) is 9.59 Å². The van der Waals surface area contributed by atoms with Crippen molar-refractivity contribution >= 4 is 17.3 Å². The molecule has 1 rings (SSSR count). The molecule has 0 aliphatic carbocycles. The lowest BCUT2D eigenvalue weighted by Gasteiger charge is -2.12. The Kier molecular flexibility index (Phi) is 5.56. The lowest BCUT2D eigenvalue weighted by Crippen LogP contribution is -2.11. The molecule has 0 saturated carbocycles. The van der Waals surface area contributed by atoms with Crippen LogP contribution in [0.25, 0.3) is 0 Å². The molecule has 18 heavy (non-hydrogen) atoms. The van der Waals surface area contributed by atoms with Gasteiger partial charge in [-0.2, -0.15) is 0 Å². The molecule has 0 aliphatic heterocycles. The number of anilines is 1. The van der Waals surface area contributed by atoms with E-state index in [1.807, 2.05) is 12.1 Å². The highest BCUT2D eigenvalue weighted by molar-refractivity contribution is 6.10. The Balaban J connectivity index is 2.93. The van der Waals surface area contributed by atoms with Gasteiger partial charge in [-0.3, -0.25) is 9.59 Å². The number of carbonyl (C=O) groups is 2. The topological polar surface area (TPSA) is 46.2 Å². The van der Waals surface area contributed by atoms with Gasteiger partial charge < -0.3 is 5.32 Å². The number of benzene rings is 1. The van der Waals surface area contributed by atoms with Crippen LogP contribution in [0.3, 0.4) is 0 Å². The molecule has 0 fully saturated rings. The monoisotopic (exact) mass is 247 g/mol. The van der Waals surface area contributed by atoms with Gasteiger partial charge >= 0.3 is 0 Å². The quantitative estimate of drug-likeness (QED) is 0.590. The molecule has 1 aromatic carbocycles. The fourth-order valence-electron chi connectivity index (χ4n) is 1.97. The minimum atomic E-state index is -0.0718. The highest BCUT2D eigenvalue weighted by Crippen LogP contribution is 2.21. The number of carbonyl (C=O) groups excluding carboxylic acids is 2. The van der Waals surface area contributed by atoms with Gasteiger partial charge in [0.25, 0.3) is 0 Å². The van der Waals surface area contributed by atoms with Crippen molar-refractivity contribution in [3.8, 4) is 0 Å². The summed E-state index contributed by atoms with van der Waals surface area (Å²) in [6, 6.07) is 5.37. The van der Waals surface area contributed by atoms with E-state index in [4.69, 9.17) is 0 Å². The maximum atomic E-state index is 11.7. The Hall–Kier alpha value is -1.64. The summed E-state index contributed by atoms with van der Waals surface area (Å²) in [6.07, 6.45) is 3.39. The van der Waals surface area contributed by atoms with Crippen molar-refractivity contribution in [2.45, 2.75) is 40.0 Å². The van der Waals surface area contributed by atoms with Crippen LogP contribution in [0.4, 0.5) is 5.69 Å². The second-order valence-electron chi connectivity index (χ2n) is 4.47. The third-order valence-corrected chi connectivity index (χ3v) is 2.89. The fraction of sp³-hybridized carbons (Fsp3) is 0.467. The Morgan fingerprint density at radius 1 is 1.11 bits per heavy atom.